The maximum Gasteiger partial charge on any atom is 0.214 e. The standard InChI is InChI=1S/C23H47N2O2S.BrH/c1-4-7-8-9-10-11-12-13-14-15-16-17-23-28(26,27)24-18-21-25(6-3,20-5-2)22-19-24;/h5H,2,4,6-23H2,1,3H3;1H/q+1;/p-1. The summed E-state index contributed by atoms with van der Waals surface area (Å²) in [4.78, 5) is 0. The maximum atomic E-state index is 12.6. The summed E-state index contributed by atoms with van der Waals surface area (Å²) in [5.41, 5.74) is 0. The quantitative estimate of drug-likeness (QED) is 0.177. The van der Waals surface area contributed by atoms with E-state index in [0.29, 0.717) is 18.8 Å². The highest BCUT2D eigenvalue weighted by molar-refractivity contribution is 7.89. The van der Waals surface area contributed by atoms with Gasteiger partial charge in [0.25, 0.3) is 0 Å². The van der Waals surface area contributed by atoms with Crippen molar-refractivity contribution in [1.29, 1.82) is 0 Å². The van der Waals surface area contributed by atoms with Crippen LogP contribution in [0.1, 0.15) is 90.9 Å². The molecule has 0 N–H and O–H groups in total. The molecule has 1 heterocycles. The third-order valence-corrected chi connectivity index (χ3v) is 8.44. The molecule has 1 fully saturated rings. The number of halogens is 1. The van der Waals surface area contributed by atoms with E-state index >= 15 is 0 Å². The van der Waals surface area contributed by atoms with Crippen LogP contribution in [0.4, 0.5) is 0 Å². The summed E-state index contributed by atoms with van der Waals surface area (Å²) in [5, 5.41) is 0. The van der Waals surface area contributed by atoms with Crippen molar-refractivity contribution in [3.63, 3.8) is 0 Å². The molecule has 0 radical (unpaired) electrons. The van der Waals surface area contributed by atoms with E-state index in [9.17, 15) is 8.42 Å². The average molecular weight is 496 g/mol. The van der Waals surface area contributed by atoms with Gasteiger partial charge in [-0.2, -0.15) is 4.31 Å². The van der Waals surface area contributed by atoms with Gasteiger partial charge in [-0.3, -0.25) is 0 Å². The van der Waals surface area contributed by atoms with Crippen molar-refractivity contribution >= 4 is 10.0 Å². The van der Waals surface area contributed by atoms with Gasteiger partial charge in [0.2, 0.25) is 10.0 Å². The average Bonchev–Trinajstić information content (AvgIpc) is 2.69. The molecule has 1 rings (SSSR count). The number of nitrogens with zero attached hydrogens (tertiary/aromatic N) is 2. The summed E-state index contributed by atoms with van der Waals surface area (Å²) < 4.78 is 28.0. The van der Waals surface area contributed by atoms with Crippen LogP contribution in [0.15, 0.2) is 12.7 Å². The molecule has 0 aromatic heterocycles. The SMILES string of the molecule is C=CC[N+]1(CC)CCN(S(=O)(=O)CCCCCCCCCCCCCC)CC1.[Br-]. The van der Waals surface area contributed by atoms with Crippen molar-refractivity contribution in [2.75, 3.05) is 45.0 Å². The molecule has 0 spiro atoms. The lowest BCUT2D eigenvalue weighted by atomic mass is 10.1. The van der Waals surface area contributed by atoms with E-state index in [4.69, 9.17) is 0 Å². The van der Waals surface area contributed by atoms with Gasteiger partial charge in [-0.1, -0.05) is 84.1 Å². The van der Waals surface area contributed by atoms with Gasteiger partial charge in [-0.15, -0.1) is 0 Å². The fraction of sp³-hybridized carbons (Fsp3) is 0.913. The molecule has 29 heavy (non-hydrogen) atoms. The lowest BCUT2D eigenvalue weighted by Crippen LogP contribution is -3.00. The van der Waals surface area contributed by atoms with Gasteiger partial charge < -0.3 is 21.5 Å². The normalized spacial score (nSPS) is 17.0. The fourth-order valence-corrected chi connectivity index (χ4v) is 5.85. The molecule has 1 saturated heterocycles. The molecule has 0 unspecified atom stereocenters. The second-order valence-corrected chi connectivity index (χ2v) is 10.8. The number of quaternary nitrogens is 1. The van der Waals surface area contributed by atoms with Crippen LogP contribution in [-0.4, -0.2) is 62.2 Å². The van der Waals surface area contributed by atoms with Crippen LogP contribution in [0.2, 0.25) is 0 Å². The minimum absolute atomic E-state index is 0. The molecule has 0 atom stereocenters. The monoisotopic (exact) mass is 494 g/mol. The Kier molecular flexibility index (Phi) is 16.8. The van der Waals surface area contributed by atoms with E-state index in [1.807, 2.05) is 6.08 Å². The zero-order valence-corrected chi connectivity index (χ0v) is 21.6. The number of likely N-dealkylation sites (N-methyl/N-ethyl adjacent to an activating group) is 1. The summed E-state index contributed by atoms with van der Waals surface area (Å²) >= 11 is 0. The Morgan fingerprint density at radius 3 is 1.69 bits per heavy atom. The molecule has 0 aliphatic carbocycles. The van der Waals surface area contributed by atoms with Gasteiger partial charge in [-0.25, -0.2) is 8.42 Å². The molecular weight excluding hydrogens is 448 g/mol. The minimum atomic E-state index is -3.07. The predicted octanol–water partition coefficient (Wildman–Crippen LogP) is 2.36. The first-order valence-electron chi connectivity index (χ1n) is 11.9. The molecule has 0 bridgehead atoms. The largest absolute Gasteiger partial charge is 1.00 e. The van der Waals surface area contributed by atoms with Crippen molar-refractivity contribution in [3.8, 4) is 0 Å². The van der Waals surface area contributed by atoms with Crippen molar-refractivity contribution in [2.24, 2.45) is 0 Å². The van der Waals surface area contributed by atoms with Crippen molar-refractivity contribution in [1.82, 2.24) is 4.31 Å². The van der Waals surface area contributed by atoms with Crippen LogP contribution in [0.3, 0.4) is 0 Å². The third kappa shape index (κ3) is 11.9. The zero-order chi connectivity index (χ0) is 20.7. The van der Waals surface area contributed by atoms with Gasteiger partial charge in [0.05, 0.1) is 45.0 Å². The molecule has 0 aromatic carbocycles. The summed E-state index contributed by atoms with van der Waals surface area (Å²) in [7, 11) is -3.07. The number of unbranched alkanes of at least 4 members (excludes halogenated alkanes) is 11. The van der Waals surface area contributed by atoms with Crippen LogP contribution < -0.4 is 17.0 Å². The molecule has 0 aromatic rings. The van der Waals surface area contributed by atoms with Crippen LogP contribution in [0, 0.1) is 0 Å². The van der Waals surface area contributed by atoms with E-state index in [-0.39, 0.29) is 17.0 Å². The molecule has 1 aliphatic heterocycles. The Bertz CT molecular complexity index is 503. The number of hydrogen-bond donors (Lipinski definition) is 0. The zero-order valence-electron chi connectivity index (χ0n) is 19.2. The molecule has 0 saturated carbocycles. The van der Waals surface area contributed by atoms with E-state index in [1.54, 1.807) is 4.31 Å². The fourth-order valence-electron chi connectivity index (χ4n) is 4.31. The molecule has 0 amide bonds. The van der Waals surface area contributed by atoms with E-state index < -0.39 is 10.0 Å². The topological polar surface area (TPSA) is 37.4 Å². The van der Waals surface area contributed by atoms with Crippen LogP contribution in [-0.2, 0) is 10.0 Å². The van der Waals surface area contributed by atoms with Gasteiger partial charge in [0, 0.05) is 0 Å². The third-order valence-electron chi connectivity index (χ3n) is 6.48. The second-order valence-electron chi connectivity index (χ2n) is 8.68. The molecular formula is C23H47BrN2O2S. The van der Waals surface area contributed by atoms with Crippen LogP contribution in [0.25, 0.3) is 0 Å². The van der Waals surface area contributed by atoms with Crippen molar-refractivity contribution < 1.29 is 29.9 Å². The highest BCUT2D eigenvalue weighted by Crippen LogP contribution is 2.17. The first-order chi connectivity index (χ1) is 13.5. The Morgan fingerprint density at radius 2 is 1.28 bits per heavy atom. The minimum Gasteiger partial charge on any atom is -1.00 e. The lowest BCUT2D eigenvalue weighted by Gasteiger charge is -2.43. The summed E-state index contributed by atoms with van der Waals surface area (Å²) in [6.07, 6.45) is 17.2. The molecule has 4 nitrogen and oxygen atoms in total. The highest BCUT2D eigenvalue weighted by Gasteiger charge is 2.34. The number of piperazine rings is 1. The molecule has 174 valence electrons. The van der Waals surface area contributed by atoms with Gasteiger partial charge in [0.15, 0.2) is 0 Å². The van der Waals surface area contributed by atoms with Gasteiger partial charge >= 0.3 is 0 Å². The van der Waals surface area contributed by atoms with Gasteiger partial charge in [-0.05, 0) is 19.4 Å². The first-order valence-corrected chi connectivity index (χ1v) is 13.5. The van der Waals surface area contributed by atoms with Crippen molar-refractivity contribution in [2.45, 2.75) is 90.9 Å². The maximum absolute atomic E-state index is 12.6. The van der Waals surface area contributed by atoms with E-state index in [2.05, 4.69) is 20.4 Å². The smallest absolute Gasteiger partial charge is 0.214 e. The second kappa shape index (κ2) is 16.7. The van der Waals surface area contributed by atoms with E-state index in [0.717, 1.165) is 43.5 Å². The summed E-state index contributed by atoms with van der Waals surface area (Å²) in [6.45, 7) is 13.5. The summed E-state index contributed by atoms with van der Waals surface area (Å²) in [6, 6.07) is 0. The Labute approximate surface area is 192 Å². The van der Waals surface area contributed by atoms with Gasteiger partial charge in [0.1, 0.15) is 0 Å². The molecule has 1 aliphatic rings. The number of sulfonamides is 1. The number of rotatable bonds is 17. The summed E-state index contributed by atoms with van der Waals surface area (Å²) in [5.74, 6) is 0.331. The van der Waals surface area contributed by atoms with E-state index in [1.165, 1.54) is 64.2 Å². The number of hydrogen-bond acceptors (Lipinski definition) is 2. The highest BCUT2D eigenvalue weighted by atomic mass is 79.9. The Balaban J connectivity index is 0.00000784. The lowest BCUT2D eigenvalue weighted by molar-refractivity contribution is -0.924. The van der Waals surface area contributed by atoms with Crippen LogP contribution >= 0.6 is 0 Å². The first kappa shape index (κ1) is 29.1. The Hall–Kier alpha value is 0.0900. The Morgan fingerprint density at radius 1 is 0.828 bits per heavy atom. The predicted molar refractivity (Wildman–Crippen MR) is 122 cm³/mol. The molecule has 6 heteroatoms. The van der Waals surface area contributed by atoms with Crippen LogP contribution in [0.5, 0.6) is 0 Å². The van der Waals surface area contributed by atoms with Crippen molar-refractivity contribution in [3.05, 3.63) is 12.7 Å².